The summed E-state index contributed by atoms with van der Waals surface area (Å²) in [5.41, 5.74) is 5.46. The zero-order valence-corrected chi connectivity index (χ0v) is 5.63. The molecule has 0 atom stereocenters. The quantitative estimate of drug-likeness (QED) is 0.546. The van der Waals surface area contributed by atoms with Crippen LogP contribution in [0.2, 0.25) is 0 Å². The number of rotatable bonds is 2. The highest BCUT2D eigenvalue weighted by Crippen LogP contribution is 2.13. The maximum Gasteiger partial charge on any atom is 0.0286 e. The maximum atomic E-state index is 5.51. The molecule has 0 aromatic rings. The second kappa shape index (κ2) is 2.53. The Morgan fingerprint density at radius 2 is 2.00 bits per heavy atom. The van der Waals surface area contributed by atoms with Crippen molar-refractivity contribution in [1.29, 1.82) is 0 Å². The monoisotopic (exact) mass is 121 g/mol. The summed E-state index contributed by atoms with van der Waals surface area (Å²) < 4.78 is 0. The van der Waals surface area contributed by atoms with E-state index in [1.807, 2.05) is 13.8 Å². The third-order valence-electron chi connectivity index (χ3n) is 0.914. The van der Waals surface area contributed by atoms with Gasteiger partial charge in [0.25, 0.3) is 0 Å². The molecule has 0 aliphatic carbocycles. The Bertz CT molecular complexity index is 46.0. The lowest BCUT2D eigenvalue weighted by atomic mass is 9.97. The van der Waals surface area contributed by atoms with Crippen LogP contribution in [0.3, 0.4) is 0 Å². The Kier molecular flexibility index (Phi) is 2.62. The molecule has 0 saturated carbocycles. The Hall–Kier alpha value is 0.250. The van der Waals surface area contributed by atoms with E-state index in [0.29, 0.717) is 12.4 Å². The van der Waals surface area contributed by atoms with E-state index in [0.717, 1.165) is 0 Å². The number of nitrogens with two attached hydrogens (primary N) is 1. The summed E-state index contributed by atoms with van der Waals surface area (Å²) in [4.78, 5) is 0. The van der Waals surface area contributed by atoms with Gasteiger partial charge >= 0.3 is 0 Å². The van der Waals surface area contributed by atoms with E-state index >= 15 is 0 Å². The standard InChI is InChI=1S/C5H12ClN/c1-5(2,3-6)4-7/h3-4,7H2,1-2H3. The van der Waals surface area contributed by atoms with Crippen LogP contribution < -0.4 is 5.73 Å². The zero-order chi connectivity index (χ0) is 5.91. The summed E-state index contributed by atoms with van der Waals surface area (Å²) in [6, 6.07) is 0. The van der Waals surface area contributed by atoms with Crippen molar-refractivity contribution in [1.82, 2.24) is 0 Å². The van der Waals surface area contributed by atoms with Gasteiger partial charge in [-0.3, -0.25) is 0 Å². The number of hydrogen-bond donors (Lipinski definition) is 1. The summed E-state index contributed by atoms with van der Waals surface area (Å²) in [6.07, 6.45) is 0. The van der Waals surface area contributed by atoms with Crippen molar-refractivity contribution >= 4 is 11.6 Å². The van der Waals surface area contributed by atoms with Crippen LogP contribution in [-0.4, -0.2) is 12.4 Å². The third-order valence-corrected chi connectivity index (χ3v) is 1.64. The highest BCUT2D eigenvalue weighted by molar-refractivity contribution is 6.18. The molecular formula is C5H12ClN. The second-order valence-corrected chi connectivity index (χ2v) is 2.77. The predicted octanol–water partition coefficient (Wildman–Crippen LogP) is 1.21. The van der Waals surface area contributed by atoms with Gasteiger partial charge in [0.2, 0.25) is 0 Å². The number of hydrogen-bond acceptors (Lipinski definition) is 1. The van der Waals surface area contributed by atoms with Gasteiger partial charge in [-0.05, 0) is 12.0 Å². The summed E-state index contributed by atoms with van der Waals surface area (Å²) in [7, 11) is 0. The van der Waals surface area contributed by atoms with E-state index in [2.05, 4.69) is 0 Å². The van der Waals surface area contributed by atoms with Gasteiger partial charge < -0.3 is 5.73 Å². The molecule has 0 radical (unpaired) electrons. The normalized spacial score (nSPS) is 12.0. The minimum Gasteiger partial charge on any atom is -0.330 e. The van der Waals surface area contributed by atoms with Crippen LogP contribution in [0.15, 0.2) is 0 Å². The molecule has 0 rings (SSSR count). The van der Waals surface area contributed by atoms with Gasteiger partial charge in [-0.25, -0.2) is 0 Å². The van der Waals surface area contributed by atoms with Crippen molar-refractivity contribution in [3.8, 4) is 0 Å². The summed E-state index contributed by atoms with van der Waals surface area (Å²) >= 11 is 5.51. The molecule has 0 unspecified atom stereocenters. The zero-order valence-electron chi connectivity index (χ0n) is 4.87. The van der Waals surface area contributed by atoms with E-state index in [4.69, 9.17) is 17.3 Å². The number of halogens is 1. The van der Waals surface area contributed by atoms with Gasteiger partial charge in [-0.15, -0.1) is 11.6 Å². The first-order valence-electron chi connectivity index (χ1n) is 2.38. The molecule has 7 heavy (non-hydrogen) atoms. The fraction of sp³-hybridized carbons (Fsp3) is 1.00. The van der Waals surface area contributed by atoms with E-state index in [9.17, 15) is 0 Å². The highest BCUT2D eigenvalue weighted by Gasteiger charge is 2.11. The molecule has 0 amide bonds. The molecule has 0 aromatic carbocycles. The van der Waals surface area contributed by atoms with Crippen LogP contribution in [-0.2, 0) is 0 Å². The van der Waals surface area contributed by atoms with Crippen molar-refractivity contribution < 1.29 is 0 Å². The molecular weight excluding hydrogens is 110 g/mol. The van der Waals surface area contributed by atoms with Gasteiger partial charge in [0.05, 0.1) is 0 Å². The predicted molar refractivity (Wildman–Crippen MR) is 33.6 cm³/mol. The van der Waals surface area contributed by atoms with Crippen LogP contribution in [0.25, 0.3) is 0 Å². The highest BCUT2D eigenvalue weighted by atomic mass is 35.5. The maximum absolute atomic E-state index is 5.51. The van der Waals surface area contributed by atoms with Crippen molar-refractivity contribution in [2.24, 2.45) is 11.1 Å². The minimum atomic E-state index is 0.127. The Morgan fingerprint density at radius 3 is 2.00 bits per heavy atom. The lowest BCUT2D eigenvalue weighted by Gasteiger charge is -2.16. The summed E-state index contributed by atoms with van der Waals surface area (Å²) in [6.45, 7) is 4.75. The largest absolute Gasteiger partial charge is 0.330 e. The average molecular weight is 122 g/mol. The van der Waals surface area contributed by atoms with Crippen molar-refractivity contribution in [3.63, 3.8) is 0 Å². The molecule has 0 heterocycles. The molecule has 0 bridgehead atoms. The van der Waals surface area contributed by atoms with Gasteiger partial charge in [0.1, 0.15) is 0 Å². The molecule has 0 aliphatic rings. The topological polar surface area (TPSA) is 26.0 Å². The third kappa shape index (κ3) is 2.89. The van der Waals surface area contributed by atoms with E-state index < -0.39 is 0 Å². The fourth-order valence-corrected chi connectivity index (χ4v) is 0.164. The first-order chi connectivity index (χ1) is 3.12. The molecule has 0 fully saturated rings. The van der Waals surface area contributed by atoms with E-state index in [1.165, 1.54) is 0 Å². The van der Waals surface area contributed by atoms with Crippen LogP contribution in [0.1, 0.15) is 13.8 Å². The Balaban J connectivity index is 3.36. The Morgan fingerprint density at radius 1 is 1.57 bits per heavy atom. The first kappa shape index (κ1) is 7.25. The van der Waals surface area contributed by atoms with Crippen LogP contribution in [0.4, 0.5) is 0 Å². The van der Waals surface area contributed by atoms with Crippen LogP contribution >= 0.6 is 11.6 Å². The van der Waals surface area contributed by atoms with E-state index in [-0.39, 0.29) is 5.41 Å². The molecule has 2 heteroatoms. The lowest BCUT2D eigenvalue weighted by molar-refractivity contribution is 0.435. The molecule has 44 valence electrons. The van der Waals surface area contributed by atoms with Gasteiger partial charge in [0, 0.05) is 5.88 Å². The van der Waals surface area contributed by atoms with Gasteiger partial charge in [-0.1, -0.05) is 13.8 Å². The average Bonchev–Trinajstić information content (AvgIpc) is 1.68. The molecule has 1 nitrogen and oxygen atoms in total. The smallest absolute Gasteiger partial charge is 0.0286 e. The van der Waals surface area contributed by atoms with Gasteiger partial charge in [-0.2, -0.15) is 0 Å². The molecule has 0 aromatic heterocycles. The summed E-state index contributed by atoms with van der Waals surface area (Å²) in [5.74, 6) is 0.642. The number of alkyl halides is 1. The van der Waals surface area contributed by atoms with Crippen molar-refractivity contribution in [3.05, 3.63) is 0 Å². The van der Waals surface area contributed by atoms with Crippen molar-refractivity contribution in [2.75, 3.05) is 12.4 Å². The molecule has 2 N–H and O–H groups in total. The fourth-order valence-electron chi connectivity index (χ4n) is 0.0546. The molecule has 0 saturated heterocycles. The minimum absolute atomic E-state index is 0.127. The van der Waals surface area contributed by atoms with E-state index in [1.54, 1.807) is 0 Å². The second-order valence-electron chi connectivity index (χ2n) is 2.50. The Labute approximate surface area is 49.8 Å². The SMILES string of the molecule is CC(C)(CN)CCl. The van der Waals surface area contributed by atoms with Crippen LogP contribution in [0, 0.1) is 5.41 Å². The van der Waals surface area contributed by atoms with Crippen LogP contribution in [0.5, 0.6) is 0 Å². The molecule has 0 spiro atoms. The van der Waals surface area contributed by atoms with Crippen molar-refractivity contribution in [2.45, 2.75) is 13.8 Å². The lowest BCUT2D eigenvalue weighted by Crippen LogP contribution is -2.24. The summed E-state index contributed by atoms with van der Waals surface area (Å²) in [5, 5.41) is 0. The van der Waals surface area contributed by atoms with Gasteiger partial charge in [0.15, 0.2) is 0 Å². The first-order valence-corrected chi connectivity index (χ1v) is 2.92. The molecule has 0 aliphatic heterocycles.